The molecule has 0 aliphatic rings. The molecule has 1 aromatic carbocycles. The Kier molecular flexibility index (Phi) is 5.45. The number of aliphatic hydroxyl groups is 1. The third kappa shape index (κ3) is 3.86. The van der Waals surface area contributed by atoms with Crippen molar-refractivity contribution >= 4 is 38.7 Å². The summed E-state index contributed by atoms with van der Waals surface area (Å²) in [6.45, 7) is 0.722. The number of benzene rings is 1. The monoisotopic (exact) mass is 397 g/mol. The van der Waals surface area contributed by atoms with Crippen LogP contribution in [0.2, 0.25) is 0 Å². The van der Waals surface area contributed by atoms with E-state index in [-0.39, 0.29) is 0 Å². The number of nitrogens with one attached hydrogen (secondary N) is 1. The minimum atomic E-state index is -0.584. The van der Waals surface area contributed by atoms with Crippen LogP contribution in [0.4, 0.5) is 5.82 Å². The topological polar surface area (TPSA) is 67.3 Å². The van der Waals surface area contributed by atoms with Gasteiger partial charge < -0.3 is 15.2 Å². The summed E-state index contributed by atoms with van der Waals surface area (Å²) in [5.74, 6) is 1.35. The van der Waals surface area contributed by atoms with Crippen molar-refractivity contribution in [1.82, 2.24) is 9.97 Å². The normalized spacial score (nSPS) is 12.4. The van der Waals surface area contributed by atoms with E-state index in [4.69, 9.17) is 4.74 Å². The zero-order valence-electron chi connectivity index (χ0n) is 14.8. The van der Waals surface area contributed by atoms with Gasteiger partial charge in [-0.3, -0.25) is 0 Å². The number of aliphatic hydroxyl groups excluding tert-OH is 1. The quantitative estimate of drug-likeness (QED) is 0.473. The first kappa shape index (κ1) is 18.1. The lowest BCUT2D eigenvalue weighted by atomic mass is 10.1. The Bertz CT molecular complexity index is 1020. The van der Waals surface area contributed by atoms with E-state index in [2.05, 4.69) is 32.8 Å². The largest absolute Gasteiger partial charge is 0.386 e. The maximum Gasteiger partial charge on any atom is 0.158 e. The van der Waals surface area contributed by atoms with Gasteiger partial charge in [0.05, 0.1) is 5.39 Å². The van der Waals surface area contributed by atoms with Gasteiger partial charge in [-0.05, 0) is 17.0 Å². The van der Waals surface area contributed by atoms with Crippen molar-refractivity contribution in [3.63, 3.8) is 0 Å². The van der Waals surface area contributed by atoms with Gasteiger partial charge in [-0.2, -0.15) is 0 Å². The Balaban J connectivity index is 1.72. The molecule has 4 rings (SSSR count). The van der Waals surface area contributed by atoms with E-state index in [9.17, 15) is 5.11 Å². The van der Waals surface area contributed by atoms with Crippen molar-refractivity contribution in [3.8, 4) is 11.1 Å². The Labute approximate surface area is 165 Å². The molecule has 7 heteroatoms. The number of aromatic nitrogens is 2. The Morgan fingerprint density at radius 1 is 1.11 bits per heavy atom. The van der Waals surface area contributed by atoms with E-state index >= 15 is 0 Å². The third-order valence-corrected chi connectivity index (χ3v) is 6.02. The summed E-state index contributed by atoms with van der Waals surface area (Å²) in [7, 11) is 1.63. The van der Waals surface area contributed by atoms with Crippen molar-refractivity contribution in [2.75, 3.05) is 19.0 Å². The van der Waals surface area contributed by atoms with Gasteiger partial charge in [-0.25, -0.2) is 9.97 Å². The highest BCUT2D eigenvalue weighted by molar-refractivity contribution is 7.17. The molecule has 0 unspecified atom stereocenters. The van der Waals surface area contributed by atoms with Gasteiger partial charge in [0.1, 0.15) is 23.4 Å². The Morgan fingerprint density at radius 3 is 2.70 bits per heavy atom. The van der Waals surface area contributed by atoms with Crippen molar-refractivity contribution in [3.05, 3.63) is 63.9 Å². The maximum absolute atomic E-state index is 10.4. The fraction of sp³-hybridized carbons (Fsp3) is 0.200. The van der Waals surface area contributed by atoms with E-state index in [1.165, 1.54) is 0 Å². The molecular formula is C20H19N3O2S2. The molecule has 138 valence electrons. The van der Waals surface area contributed by atoms with Crippen LogP contribution in [0.25, 0.3) is 21.3 Å². The third-order valence-electron chi connectivity index (χ3n) is 4.17. The highest BCUT2D eigenvalue weighted by Crippen LogP contribution is 2.37. The van der Waals surface area contributed by atoms with Crippen LogP contribution in [0.15, 0.2) is 53.2 Å². The van der Waals surface area contributed by atoms with Crippen LogP contribution in [-0.4, -0.2) is 28.7 Å². The summed E-state index contributed by atoms with van der Waals surface area (Å²) in [6, 6.07) is 14.1. The number of thiophene rings is 2. The van der Waals surface area contributed by atoms with Crippen LogP contribution in [0.3, 0.4) is 0 Å². The molecule has 5 nitrogen and oxygen atoms in total. The predicted molar refractivity (Wildman–Crippen MR) is 111 cm³/mol. The molecule has 0 fully saturated rings. The number of nitrogens with zero attached hydrogens (tertiary/aromatic N) is 2. The number of fused-ring (bicyclic) bond motifs is 1. The highest BCUT2D eigenvalue weighted by Gasteiger charge is 2.17. The molecular weight excluding hydrogens is 378 g/mol. The van der Waals surface area contributed by atoms with Crippen molar-refractivity contribution in [1.29, 1.82) is 0 Å². The summed E-state index contributed by atoms with van der Waals surface area (Å²) in [4.78, 5) is 11.1. The van der Waals surface area contributed by atoms with Gasteiger partial charge in [0.2, 0.25) is 0 Å². The van der Waals surface area contributed by atoms with Gasteiger partial charge in [-0.1, -0.05) is 36.4 Å². The number of rotatable bonds is 7. The SMILES string of the molecule is COCc1nc(NC[C@@H](O)c2cccs2)c2c(-c3ccccc3)csc2n1. The van der Waals surface area contributed by atoms with E-state index < -0.39 is 6.10 Å². The number of ether oxygens (including phenoxy) is 1. The van der Waals surface area contributed by atoms with Crippen LogP contribution in [-0.2, 0) is 11.3 Å². The predicted octanol–water partition coefficient (Wildman–Crippen LogP) is 4.71. The van der Waals surface area contributed by atoms with Crippen molar-refractivity contribution in [2.45, 2.75) is 12.7 Å². The first-order valence-electron chi connectivity index (χ1n) is 8.54. The second-order valence-corrected chi connectivity index (χ2v) is 7.87. The zero-order chi connectivity index (χ0) is 18.6. The molecule has 4 aromatic rings. The standard InChI is InChI=1S/C20H19N3O2S2/c1-25-11-17-22-19(21-10-15(24)16-8-5-9-26-16)18-14(12-27-20(18)23-17)13-6-3-2-4-7-13/h2-9,12,15,24H,10-11H2,1H3,(H,21,22,23)/t15-/m1/s1. The second-order valence-electron chi connectivity index (χ2n) is 6.03. The maximum atomic E-state index is 10.4. The molecule has 0 saturated heterocycles. The molecule has 0 amide bonds. The fourth-order valence-electron chi connectivity index (χ4n) is 2.91. The van der Waals surface area contributed by atoms with E-state index in [0.717, 1.165) is 32.0 Å². The van der Waals surface area contributed by atoms with Crippen LogP contribution in [0, 0.1) is 0 Å². The van der Waals surface area contributed by atoms with Crippen molar-refractivity contribution in [2.24, 2.45) is 0 Å². The summed E-state index contributed by atoms with van der Waals surface area (Å²) in [5.41, 5.74) is 2.21. The van der Waals surface area contributed by atoms with Gasteiger partial charge in [0, 0.05) is 29.5 Å². The summed E-state index contributed by atoms with van der Waals surface area (Å²) in [6.07, 6.45) is -0.584. The minimum Gasteiger partial charge on any atom is -0.386 e. The highest BCUT2D eigenvalue weighted by atomic mass is 32.1. The molecule has 0 aliphatic carbocycles. The molecule has 3 heterocycles. The van der Waals surface area contributed by atoms with Crippen LogP contribution in [0.1, 0.15) is 16.8 Å². The average molecular weight is 398 g/mol. The minimum absolute atomic E-state index is 0.344. The lowest BCUT2D eigenvalue weighted by Gasteiger charge is -2.13. The molecule has 0 radical (unpaired) electrons. The number of hydrogen-bond acceptors (Lipinski definition) is 7. The molecule has 0 saturated carbocycles. The first-order valence-corrected chi connectivity index (χ1v) is 10.3. The molecule has 0 spiro atoms. The molecule has 3 aromatic heterocycles. The molecule has 1 atom stereocenters. The van der Waals surface area contributed by atoms with Gasteiger partial charge in [-0.15, -0.1) is 22.7 Å². The molecule has 2 N–H and O–H groups in total. The zero-order valence-corrected chi connectivity index (χ0v) is 16.4. The fourth-order valence-corrected chi connectivity index (χ4v) is 4.59. The van der Waals surface area contributed by atoms with Crippen molar-refractivity contribution < 1.29 is 9.84 Å². The summed E-state index contributed by atoms with van der Waals surface area (Å²) >= 11 is 3.13. The van der Waals surface area contributed by atoms with E-state index in [0.29, 0.717) is 19.0 Å². The van der Waals surface area contributed by atoms with Gasteiger partial charge in [0.15, 0.2) is 5.82 Å². The van der Waals surface area contributed by atoms with Crippen LogP contribution in [0.5, 0.6) is 0 Å². The Morgan fingerprint density at radius 2 is 1.96 bits per heavy atom. The van der Waals surface area contributed by atoms with Crippen LogP contribution >= 0.6 is 22.7 Å². The van der Waals surface area contributed by atoms with Gasteiger partial charge in [0.25, 0.3) is 0 Å². The smallest absolute Gasteiger partial charge is 0.158 e. The molecule has 0 aliphatic heterocycles. The number of hydrogen-bond donors (Lipinski definition) is 2. The average Bonchev–Trinajstić information content (AvgIpc) is 3.37. The Hall–Kier alpha value is -2.32. The first-order chi connectivity index (χ1) is 13.3. The van der Waals surface area contributed by atoms with Gasteiger partial charge >= 0.3 is 0 Å². The second kappa shape index (κ2) is 8.14. The number of anilines is 1. The lowest BCUT2D eigenvalue weighted by molar-refractivity contribution is 0.178. The van der Waals surface area contributed by atoms with E-state index in [1.807, 2.05) is 35.7 Å². The summed E-state index contributed by atoms with van der Waals surface area (Å²) in [5, 5.41) is 18.8. The lowest BCUT2D eigenvalue weighted by Crippen LogP contribution is -2.13. The van der Waals surface area contributed by atoms with E-state index in [1.54, 1.807) is 29.8 Å². The van der Waals surface area contributed by atoms with Crippen LogP contribution < -0.4 is 5.32 Å². The summed E-state index contributed by atoms with van der Waals surface area (Å²) < 4.78 is 5.21. The molecule has 0 bridgehead atoms. The number of methoxy groups -OCH3 is 1. The molecule has 27 heavy (non-hydrogen) atoms.